The molecule has 1 unspecified atom stereocenters. The third-order valence-corrected chi connectivity index (χ3v) is 6.82. The Morgan fingerprint density at radius 3 is 2.09 bits per heavy atom. The minimum absolute atomic E-state index is 0.175. The molecule has 2 amide bonds. The van der Waals surface area contributed by atoms with E-state index < -0.39 is 40.2 Å². The van der Waals surface area contributed by atoms with Crippen molar-refractivity contribution >= 4 is 27.5 Å². The molecule has 0 saturated carbocycles. The molecule has 0 aliphatic heterocycles. The Labute approximate surface area is 208 Å². The van der Waals surface area contributed by atoms with Crippen molar-refractivity contribution in [2.45, 2.75) is 53.1 Å². The van der Waals surface area contributed by atoms with Gasteiger partial charge >= 0.3 is 0 Å². The van der Waals surface area contributed by atoms with Crippen LogP contribution in [0.15, 0.2) is 48.5 Å². The number of hydrogen-bond donors (Lipinski definition) is 1. The largest absolute Gasteiger partial charge is 0.354 e. The summed E-state index contributed by atoms with van der Waals surface area (Å²) in [5, 5.41) is 2.79. The van der Waals surface area contributed by atoms with Gasteiger partial charge in [-0.1, -0.05) is 58.0 Å². The van der Waals surface area contributed by atoms with Gasteiger partial charge in [0.25, 0.3) is 0 Å². The molecule has 7 nitrogen and oxygen atoms in total. The topological polar surface area (TPSA) is 86.8 Å². The van der Waals surface area contributed by atoms with Crippen molar-refractivity contribution in [3.05, 3.63) is 65.5 Å². The van der Waals surface area contributed by atoms with Gasteiger partial charge in [-0.2, -0.15) is 0 Å². The van der Waals surface area contributed by atoms with Gasteiger partial charge in [-0.15, -0.1) is 0 Å². The average molecular weight is 506 g/mol. The molecule has 9 heteroatoms. The number of nitrogens with one attached hydrogen (secondary N) is 1. The van der Waals surface area contributed by atoms with Crippen LogP contribution in [0.1, 0.15) is 51.7 Å². The van der Waals surface area contributed by atoms with Gasteiger partial charge in [0.2, 0.25) is 21.8 Å². The summed E-state index contributed by atoms with van der Waals surface area (Å²) in [6.07, 6.45) is 1.02. The maximum Gasteiger partial charge on any atom is 0.244 e. The van der Waals surface area contributed by atoms with Gasteiger partial charge < -0.3 is 10.2 Å². The van der Waals surface area contributed by atoms with Crippen molar-refractivity contribution in [1.82, 2.24) is 10.2 Å². The molecule has 0 saturated heterocycles. The fraction of sp³-hybridized carbons (Fsp3) is 0.462. The van der Waals surface area contributed by atoms with Crippen molar-refractivity contribution in [2.24, 2.45) is 5.92 Å². The minimum atomic E-state index is -3.82. The Morgan fingerprint density at radius 1 is 0.971 bits per heavy atom. The van der Waals surface area contributed by atoms with Crippen LogP contribution in [0.4, 0.5) is 10.1 Å². The van der Waals surface area contributed by atoms with Crippen molar-refractivity contribution < 1.29 is 22.4 Å². The second-order valence-corrected chi connectivity index (χ2v) is 11.4. The van der Waals surface area contributed by atoms with Gasteiger partial charge in [0, 0.05) is 18.7 Å². The lowest BCUT2D eigenvalue weighted by molar-refractivity contribution is -0.139. The molecule has 0 aliphatic rings. The summed E-state index contributed by atoms with van der Waals surface area (Å²) in [6.45, 7) is 9.23. The van der Waals surface area contributed by atoms with Gasteiger partial charge in [-0.25, -0.2) is 12.8 Å². The Hall–Kier alpha value is -2.94. The standard InChI is InChI=1S/C26H36FN3O4S/c1-18(2)15-28-26(32)20(5)29(16-22-9-7-8-10-24(22)27)25(31)17-30(35(6,33)34)23-13-11-21(12-14-23)19(3)4/h7-14,18-20H,15-17H2,1-6H3,(H,28,32). The summed E-state index contributed by atoms with van der Waals surface area (Å²) in [4.78, 5) is 27.5. The van der Waals surface area contributed by atoms with Crippen molar-refractivity contribution in [1.29, 1.82) is 0 Å². The fourth-order valence-electron chi connectivity index (χ4n) is 3.48. The molecule has 0 bridgehead atoms. The predicted molar refractivity (Wildman–Crippen MR) is 137 cm³/mol. The Bertz CT molecular complexity index is 1120. The fourth-order valence-corrected chi connectivity index (χ4v) is 4.33. The number of hydrogen-bond acceptors (Lipinski definition) is 4. The van der Waals surface area contributed by atoms with Crippen LogP contribution in [-0.4, -0.2) is 50.5 Å². The molecule has 0 aromatic heterocycles. The maximum absolute atomic E-state index is 14.4. The van der Waals surface area contributed by atoms with Crippen LogP contribution >= 0.6 is 0 Å². The third-order valence-electron chi connectivity index (χ3n) is 5.68. The molecular weight excluding hydrogens is 469 g/mol. The first-order valence-corrected chi connectivity index (χ1v) is 13.5. The molecular formula is C26H36FN3O4S. The van der Waals surface area contributed by atoms with E-state index >= 15 is 0 Å². The summed E-state index contributed by atoms with van der Waals surface area (Å²) in [7, 11) is -3.82. The second kappa shape index (κ2) is 12.2. The number of carbonyl (C=O) groups is 2. The minimum Gasteiger partial charge on any atom is -0.354 e. The lowest BCUT2D eigenvalue weighted by Crippen LogP contribution is -2.51. The lowest BCUT2D eigenvalue weighted by Gasteiger charge is -2.31. The zero-order valence-electron chi connectivity index (χ0n) is 21.3. The number of amides is 2. The Balaban J connectivity index is 2.38. The summed E-state index contributed by atoms with van der Waals surface area (Å²) in [5.41, 5.74) is 1.61. The van der Waals surface area contributed by atoms with E-state index in [4.69, 9.17) is 0 Å². The zero-order chi connectivity index (χ0) is 26.3. The highest BCUT2D eigenvalue weighted by molar-refractivity contribution is 7.92. The van der Waals surface area contributed by atoms with E-state index in [9.17, 15) is 22.4 Å². The molecule has 0 spiro atoms. The number of nitrogens with zero attached hydrogens (tertiary/aromatic N) is 2. The first kappa shape index (κ1) is 28.3. The van der Waals surface area contributed by atoms with Crippen LogP contribution in [0.3, 0.4) is 0 Å². The highest BCUT2D eigenvalue weighted by Crippen LogP contribution is 2.23. The number of sulfonamides is 1. The average Bonchev–Trinajstić information content (AvgIpc) is 2.79. The SMILES string of the molecule is CC(C)CNC(=O)C(C)N(Cc1ccccc1F)C(=O)CN(c1ccc(C(C)C)cc1)S(C)(=O)=O. The molecule has 2 rings (SSSR count). The molecule has 1 atom stereocenters. The number of halogens is 1. The van der Waals surface area contributed by atoms with E-state index in [-0.39, 0.29) is 23.9 Å². The van der Waals surface area contributed by atoms with Crippen LogP contribution in [0, 0.1) is 11.7 Å². The summed E-state index contributed by atoms with van der Waals surface area (Å²) < 4.78 is 40.6. The molecule has 1 N–H and O–H groups in total. The molecule has 2 aromatic rings. The molecule has 0 heterocycles. The number of carbonyl (C=O) groups excluding carboxylic acids is 2. The van der Waals surface area contributed by atoms with E-state index in [0.29, 0.717) is 12.2 Å². The lowest BCUT2D eigenvalue weighted by atomic mass is 10.0. The molecule has 0 aliphatic carbocycles. The zero-order valence-corrected chi connectivity index (χ0v) is 22.1. The highest BCUT2D eigenvalue weighted by atomic mass is 32.2. The van der Waals surface area contributed by atoms with E-state index in [1.807, 2.05) is 39.8 Å². The van der Waals surface area contributed by atoms with Gasteiger partial charge in [-0.05, 0) is 42.5 Å². The van der Waals surface area contributed by atoms with Gasteiger partial charge in [0.15, 0.2) is 0 Å². The van der Waals surface area contributed by atoms with Crippen molar-refractivity contribution in [3.63, 3.8) is 0 Å². The van der Waals surface area contributed by atoms with Crippen LogP contribution in [0.25, 0.3) is 0 Å². The van der Waals surface area contributed by atoms with Gasteiger partial charge in [0.1, 0.15) is 18.4 Å². The summed E-state index contributed by atoms with van der Waals surface area (Å²) in [5.74, 6) is -1.05. The first-order valence-electron chi connectivity index (χ1n) is 11.7. The summed E-state index contributed by atoms with van der Waals surface area (Å²) in [6, 6.07) is 12.0. The number of anilines is 1. The Kier molecular flexibility index (Phi) is 9.82. The van der Waals surface area contributed by atoms with Crippen LogP contribution in [0.2, 0.25) is 0 Å². The van der Waals surface area contributed by atoms with Crippen LogP contribution in [-0.2, 0) is 26.2 Å². The van der Waals surface area contributed by atoms with E-state index in [1.54, 1.807) is 25.1 Å². The van der Waals surface area contributed by atoms with Crippen LogP contribution < -0.4 is 9.62 Å². The molecule has 35 heavy (non-hydrogen) atoms. The van der Waals surface area contributed by atoms with Gasteiger partial charge in [0.05, 0.1) is 11.9 Å². The van der Waals surface area contributed by atoms with E-state index in [2.05, 4.69) is 5.32 Å². The van der Waals surface area contributed by atoms with Gasteiger partial charge in [-0.3, -0.25) is 13.9 Å². The molecule has 0 radical (unpaired) electrons. The van der Waals surface area contributed by atoms with E-state index in [1.165, 1.54) is 23.1 Å². The second-order valence-electron chi connectivity index (χ2n) is 9.44. The van der Waals surface area contributed by atoms with Crippen LogP contribution in [0.5, 0.6) is 0 Å². The molecule has 0 fully saturated rings. The third kappa shape index (κ3) is 8.06. The first-order chi connectivity index (χ1) is 16.3. The smallest absolute Gasteiger partial charge is 0.244 e. The quantitative estimate of drug-likeness (QED) is 0.502. The van der Waals surface area contributed by atoms with E-state index in [0.717, 1.165) is 16.1 Å². The normalized spacial score (nSPS) is 12.5. The number of rotatable bonds is 11. The molecule has 2 aromatic carbocycles. The summed E-state index contributed by atoms with van der Waals surface area (Å²) >= 11 is 0. The molecule has 192 valence electrons. The van der Waals surface area contributed by atoms with Crippen molar-refractivity contribution in [2.75, 3.05) is 23.7 Å². The van der Waals surface area contributed by atoms with Crippen molar-refractivity contribution in [3.8, 4) is 0 Å². The maximum atomic E-state index is 14.4. The number of benzene rings is 2. The predicted octanol–water partition coefficient (Wildman–Crippen LogP) is 3.90. The monoisotopic (exact) mass is 505 g/mol. The highest BCUT2D eigenvalue weighted by Gasteiger charge is 2.30. The Morgan fingerprint density at radius 2 is 1.57 bits per heavy atom.